The second-order valence-corrected chi connectivity index (χ2v) is 6.82. The lowest BCUT2D eigenvalue weighted by Crippen LogP contribution is -2.54. The molecule has 3 rings (SSSR count). The average molecular weight is 337 g/mol. The zero-order chi connectivity index (χ0) is 18.2. The van der Waals surface area contributed by atoms with Gasteiger partial charge < -0.3 is 9.90 Å². The summed E-state index contributed by atoms with van der Waals surface area (Å²) in [5, 5.41) is 16.5. The van der Waals surface area contributed by atoms with Gasteiger partial charge >= 0.3 is 0 Å². The standard InChI is InChI=1S/C20H22N2O3/c1-13-9-10-20(19(24)25,17(11-13)16-7-5-4-6-8-16)18(23)22-15(3)12-14(2)21-22/h4-9,12,17H,10-11H2,1-3H3,(H,24,25)/p-1. The van der Waals surface area contributed by atoms with Crippen LogP contribution in [-0.2, 0) is 4.79 Å². The molecule has 1 aliphatic rings. The number of carboxylic acids is 1. The van der Waals surface area contributed by atoms with Crippen LogP contribution in [0.5, 0.6) is 0 Å². The van der Waals surface area contributed by atoms with E-state index in [1.54, 1.807) is 19.9 Å². The number of aliphatic carboxylic acids is 1. The Morgan fingerprint density at radius 1 is 1.20 bits per heavy atom. The van der Waals surface area contributed by atoms with Crippen molar-refractivity contribution in [3.05, 3.63) is 65.0 Å². The fourth-order valence-corrected chi connectivity index (χ4v) is 3.72. The number of carboxylic acid groups (broad SMARTS) is 1. The lowest BCUT2D eigenvalue weighted by atomic mass is 9.63. The summed E-state index contributed by atoms with van der Waals surface area (Å²) < 4.78 is 1.22. The van der Waals surface area contributed by atoms with Crippen LogP contribution in [0.25, 0.3) is 0 Å². The first kappa shape index (κ1) is 17.1. The summed E-state index contributed by atoms with van der Waals surface area (Å²) in [6, 6.07) is 11.1. The van der Waals surface area contributed by atoms with Crippen LogP contribution in [0, 0.1) is 19.3 Å². The van der Waals surface area contributed by atoms with E-state index in [-0.39, 0.29) is 6.42 Å². The summed E-state index contributed by atoms with van der Waals surface area (Å²) in [4.78, 5) is 25.6. The van der Waals surface area contributed by atoms with Crippen molar-refractivity contribution in [2.24, 2.45) is 5.41 Å². The minimum atomic E-state index is -1.66. The maximum absolute atomic E-state index is 13.3. The average Bonchev–Trinajstić information content (AvgIpc) is 2.93. The Morgan fingerprint density at radius 2 is 1.88 bits per heavy atom. The summed E-state index contributed by atoms with van der Waals surface area (Å²) in [6.07, 6.45) is 2.44. The van der Waals surface area contributed by atoms with Gasteiger partial charge in [0.15, 0.2) is 0 Å². The summed E-state index contributed by atoms with van der Waals surface area (Å²) in [5.41, 5.74) is 1.55. The SMILES string of the molecule is CC1=CCC(C(=O)[O-])(C(=O)n2nc(C)cc2C)C(c2ccccc2)C1. The van der Waals surface area contributed by atoms with Crippen LogP contribution in [-0.4, -0.2) is 21.7 Å². The number of carbonyl (C=O) groups excluding carboxylic acids is 2. The first-order valence-corrected chi connectivity index (χ1v) is 8.36. The molecule has 0 radical (unpaired) electrons. The Bertz CT molecular complexity index is 851. The van der Waals surface area contributed by atoms with Gasteiger partial charge in [0.05, 0.1) is 11.7 Å². The molecule has 2 aromatic rings. The molecule has 25 heavy (non-hydrogen) atoms. The molecule has 0 spiro atoms. The molecule has 1 aromatic carbocycles. The van der Waals surface area contributed by atoms with Crippen molar-refractivity contribution >= 4 is 11.9 Å². The second-order valence-electron chi connectivity index (χ2n) is 6.82. The van der Waals surface area contributed by atoms with E-state index in [2.05, 4.69) is 5.10 Å². The molecule has 0 fully saturated rings. The van der Waals surface area contributed by atoms with Gasteiger partial charge in [-0.25, -0.2) is 4.68 Å². The van der Waals surface area contributed by atoms with E-state index in [9.17, 15) is 14.7 Å². The molecule has 1 aliphatic carbocycles. The molecule has 2 unspecified atom stereocenters. The fraction of sp³-hybridized carbons (Fsp3) is 0.350. The van der Waals surface area contributed by atoms with Crippen LogP contribution in [0.1, 0.15) is 47.4 Å². The number of allylic oxidation sites excluding steroid dienone is 2. The van der Waals surface area contributed by atoms with Gasteiger partial charge in [-0.15, -0.1) is 0 Å². The topological polar surface area (TPSA) is 75.0 Å². The van der Waals surface area contributed by atoms with Gasteiger partial charge in [0.1, 0.15) is 5.41 Å². The van der Waals surface area contributed by atoms with Crippen LogP contribution in [0.15, 0.2) is 48.0 Å². The lowest BCUT2D eigenvalue weighted by molar-refractivity contribution is -0.317. The highest BCUT2D eigenvalue weighted by Crippen LogP contribution is 2.47. The molecule has 0 bridgehead atoms. The molecule has 0 saturated heterocycles. The molecule has 2 atom stereocenters. The van der Waals surface area contributed by atoms with E-state index in [4.69, 9.17) is 0 Å². The summed E-state index contributed by atoms with van der Waals surface area (Å²) in [6.45, 7) is 5.49. The Hall–Kier alpha value is -2.69. The highest BCUT2D eigenvalue weighted by molar-refractivity contribution is 6.04. The number of hydrogen-bond acceptors (Lipinski definition) is 4. The molecule has 5 heteroatoms. The molecule has 1 heterocycles. The third-order valence-corrected chi connectivity index (χ3v) is 5.04. The molecule has 130 valence electrons. The monoisotopic (exact) mass is 337 g/mol. The maximum atomic E-state index is 13.3. The fourth-order valence-electron chi connectivity index (χ4n) is 3.72. The van der Waals surface area contributed by atoms with E-state index >= 15 is 0 Å². The van der Waals surface area contributed by atoms with Gasteiger partial charge in [-0.2, -0.15) is 5.10 Å². The predicted molar refractivity (Wildman–Crippen MR) is 91.9 cm³/mol. The van der Waals surface area contributed by atoms with Crippen LogP contribution < -0.4 is 5.11 Å². The zero-order valence-corrected chi connectivity index (χ0v) is 14.7. The number of rotatable bonds is 3. The Balaban J connectivity index is 2.18. The normalized spacial score (nSPS) is 23.2. The third-order valence-electron chi connectivity index (χ3n) is 5.04. The minimum Gasteiger partial charge on any atom is -0.549 e. The predicted octanol–water partition coefficient (Wildman–Crippen LogP) is 2.40. The Morgan fingerprint density at radius 3 is 2.44 bits per heavy atom. The molecule has 5 nitrogen and oxygen atoms in total. The van der Waals surface area contributed by atoms with Crippen molar-refractivity contribution in [1.82, 2.24) is 9.78 Å². The van der Waals surface area contributed by atoms with Crippen molar-refractivity contribution in [2.75, 3.05) is 0 Å². The summed E-state index contributed by atoms with van der Waals surface area (Å²) in [5.74, 6) is -2.36. The van der Waals surface area contributed by atoms with E-state index in [0.29, 0.717) is 17.8 Å². The highest BCUT2D eigenvalue weighted by atomic mass is 16.4. The molecule has 0 N–H and O–H groups in total. The van der Waals surface area contributed by atoms with Crippen molar-refractivity contribution in [3.63, 3.8) is 0 Å². The first-order chi connectivity index (χ1) is 11.9. The van der Waals surface area contributed by atoms with Crippen molar-refractivity contribution in [2.45, 2.75) is 39.5 Å². The van der Waals surface area contributed by atoms with Gasteiger partial charge in [-0.1, -0.05) is 42.0 Å². The maximum Gasteiger partial charge on any atom is 0.259 e. The molecule has 0 aliphatic heterocycles. The van der Waals surface area contributed by atoms with Crippen LogP contribution in [0.4, 0.5) is 0 Å². The minimum absolute atomic E-state index is 0.109. The summed E-state index contributed by atoms with van der Waals surface area (Å²) >= 11 is 0. The highest BCUT2D eigenvalue weighted by Gasteiger charge is 2.50. The van der Waals surface area contributed by atoms with Crippen molar-refractivity contribution in [1.29, 1.82) is 0 Å². The van der Waals surface area contributed by atoms with Crippen molar-refractivity contribution < 1.29 is 14.7 Å². The Kier molecular flexibility index (Phi) is 4.33. The third kappa shape index (κ3) is 2.80. The molecule has 1 aromatic heterocycles. The largest absolute Gasteiger partial charge is 0.549 e. The van der Waals surface area contributed by atoms with Gasteiger partial charge in [-0.05, 0) is 45.2 Å². The van der Waals surface area contributed by atoms with Gasteiger partial charge in [0.2, 0.25) is 0 Å². The molecule has 0 saturated carbocycles. The molecular formula is C20H21N2O3-. The van der Waals surface area contributed by atoms with Gasteiger partial charge in [-0.3, -0.25) is 4.79 Å². The summed E-state index contributed by atoms with van der Waals surface area (Å²) in [7, 11) is 0. The van der Waals surface area contributed by atoms with Gasteiger partial charge in [0.25, 0.3) is 5.91 Å². The zero-order valence-electron chi connectivity index (χ0n) is 14.7. The number of benzene rings is 1. The lowest BCUT2D eigenvalue weighted by Gasteiger charge is -2.42. The first-order valence-electron chi connectivity index (χ1n) is 8.36. The van der Waals surface area contributed by atoms with E-state index in [1.165, 1.54) is 4.68 Å². The Labute approximate surface area is 147 Å². The number of hydrogen-bond donors (Lipinski definition) is 0. The number of aromatic nitrogens is 2. The van der Waals surface area contributed by atoms with Gasteiger partial charge in [0, 0.05) is 11.6 Å². The van der Waals surface area contributed by atoms with Crippen LogP contribution in [0.2, 0.25) is 0 Å². The number of aryl methyl sites for hydroxylation is 2. The van der Waals surface area contributed by atoms with Crippen LogP contribution >= 0.6 is 0 Å². The van der Waals surface area contributed by atoms with E-state index in [0.717, 1.165) is 11.1 Å². The van der Waals surface area contributed by atoms with Crippen LogP contribution in [0.3, 0.4) is 0 Å². The molecule has 0 amide bonds. The number of carbonyl (C=O) groups is 2. The second kappa shape index (κ2) is 6.31. The number of nitrogens with zero attached hydrogens (tertiary/aromatic N) is 2. The smallest absolute Gasteiger partial charge is 0.259 e. The quantitative estimate of drug-likeness (QED) is 0.637. The van der Waals surface area contributed by atoms with Crippen molar-refractivity contribution in [3.8, 4) is 0 Å². The van der Waals surface area contributed by atoms with E-state index < -0.39 is 23.2 Å². The van der Waals surface area contributed by atoms with E-state index in [1.807, 2.05) is 43.3 Å². The molecular weight excluding hydrogens is 316 g/mol.